The van der Waals surface area contributed by atoms with E-state index in [0.717, 1.165) is 18.7 Å². The maximum Gasteiger partial charge on any atom is 0.120 e. The molecular formula is C18H18ClNO. The largest absolute Gasteiger partial charge is 0.489 e. The van der Waals surface area contributed by atoms with Crippen LogP contribution in [0.4, 0.5) is 0 Å². The lowest BCUT2D eigenvalue weighted by Crippen LogP contribution is -1.97. The van der Waals surface area contributed by atoms with Crippen LogP contribution >= 0.6 is 11.6 Å². The smallest absolute Gasteiger partial charge is 0.120 e. The summed E-state index contributed by atoms with van der Waals surface area (Å²) in [5.41, 5.74) is 2.41. The Morgan fingerprint density at radius 3 is 2.67 bits per heavy atom. The average molecular weight is 300 g/mol. The third kappa shape index (κ3) is 3.40. The van der Waals surface area contributed by atoms with E-state index < -0.39 is 0 Å². The standard InChI is InChI=1S/C18H18ClNO/c19-10-4-11-20-12-9-16-13-17(7-8-18(16)20)21-14-15-5-2-1-3-6-15/h1-3,5-9,12-13H,4,10-11,14H2. The first-order valence-electron chi connectivity index (χ1n) is 7.18. The van der Waals surface area contributed by atoms with Crippen LogP contribution in [0.15, 0.2) is 60.8 Å². The molecule has 0 aliphatic heterocycles. The van der Waals surface area contributed by atoms with Gasteiger partial charge in [0, 0.05) is 29.5 Å². The fraction of sp³-hybridized carbons (Fsp3) is 0.222. The zero-order valence-electron chi connectivity index (χ0n) is 11.8. The lowest BCUT2D eigenvalue weighted by Gasteiger charge is -2.08. The number of aryl methyl sites for hydroxylation is 1. The van der Waals surface area contributed by atoms with Crippen LogP contribution in [0.2, 0.25) is 0 Å². The Balaban J connectivity index is 1.72. The summed E-state index contributed by atoms with van der Waals surface area (Å²) >= 11 is 5.76. The predicted octanol–water partition coefficient (Wildman–Crippen LogP) is 4.85. The highest BCUT2D eigenvalue weighted by Gasteiger charge is 2.03. The van der Waals surface area contributed by atoms with Gasteiger partial charge in [-0.15, -0.1) is 11.6 Å². The van der Waals surface area contributed by atoms with E-state index in [1.165, 1.54) is 16.5 Å². The summed E-state index contributed by atoms with van der Waals surface area (Å²) in [4.78, 5) is 0. The van der Waals surface area contributed by atoms with Crippen LogP contribution in [0.3, 0.4) is 0 Å². The average Bonchev–Trinajstić information content (AvgIpc) is 2.94. The van der Waals surface area contributed by atoms with Gasteiger partial charge in [0.1, 0.15) is 12.4 Å². The molecule has 3 rings (SSSR count). The third-order valence-corrected chi connectivity index (χ3v) is 3.79. The molecule has 0 aliphatic rings. The number of nitrogens with zero attached hydrogens (tertiary/aromatic N) is 1. The predicted molar refractivity (Wildman–Crippen MR) is 88.0 cm³/mol. The molecule has 21 heavy (non-hydrogen) atoms. The fourth-order valence-corrected chi connectivity index (χ4v) is 2.55. The van der Waals surface area contributed by atoms with Crippen molar-refractivity contribution in [3.05, 3.63) is 66.4 Å². The van der Waals surface area contributed by atoms with Crippen LogP contribution in [-0.2, 0) is 13.2 Å². The second-order valence-electron chi connectivity index (χ2n) is 5.05. The second-order valence-corrected chi connectivity index (χ2v) is 5.42. The minimum absolute atomic E-state index is 0.597. The van der Waals surface area contributed by atoms with Gasteiger partial charge in [-0.25, -0.2) is 0 Å². The summed E-state index contributed by atoms with van der Waals surface area (Å²) in [6.45, 7) is 1.55. The van der Waals surface area contributed by atoms with Gasteiger partial charge in [0.15, 0.2) is 0 Å². The number of ether oxygens (including phenoxy) is 1. The van der Waals surface area contributed by atoms with Crippen molar-refractivity contribution in [3.8, 4) is 5.75 Å². The lowest BCUT2D eigenvalue weighted by atomic mass is 10.2. The highest BCUT2D eigenvalue weighted by atomic mass is 35.5. The first-order valence-corrected chi connectivity index (χ1v) is 7.72. The summed E-state index contributed by atoms with van der Waals surface area (Å²) < 4.78 is 8.09. The van der Waals surface area contributed by atoms with E-state index in [2.05, 4.69) is 41.1 Å². The molecule has 108 valence electrons. The van der Waals surface area contributed by atoms with E-state index in [9.17, 15) is 0 Å². The summed E-state index contributed by atoms with van der Waals surface area (Å²) in [6.07, 6.45) is 3.09. The van der Waals surface area contributed by atoms with E-state index in [0.29, 0.717) is 12.5 Å². The minimum atomic E-state index is 0.597. The number of rotatable bonds is 6. The molecule has 0 amide bonds. The minimum Gasteiger partial charge on any atom is -0.489 e. The Labute approximate surface area is 129 Å². The van der Waals surface area contributed by atoms with Crippen molar-refractivity contribution in [2.45, 2.75) is 19.6 Å². The Morgan fingerprint density at radius 2 is 1.86 bits per heavy atom. The van der Waals surface area contributed by atoms with Gasteiger partial charge in [0.2, 0.25) is 0 Å². The molecule has 0 fully saturated rings. The number of aromatic nitrogens is 1. The van der Waals surface area contributed by atoms with Gasteiger partial charge in [-0.2, -0.15) is 0 Å². The van der Waals surface area contributed by atoms with Crippen molar-refractivity contribution in [1.82, 2.24) is 4.57 Å². The molecule has 0 radical (unpaired) electrons. The molecule has 3 aromatic rings. The molecule has 0 spiro atoms. The van der Waals surface area contributed by atoms with Gasteiger partial charge in [-0.05, 0) is 36.2 Å². The molecule has 1 heterocycles. The molecule has 3 heteroatoms. The van der Waals surface area contributed by atoms with Crippen molar-refractivity contribution in [2.75, 3.05) is 5.88 Å². The van der Waals surface area contributed by atoms with Gasteiger partial charge >= 0.3 is 0 Å². The maximum atomic E-state index is 5.86. The van der Waals surface area contributed by atoms with Gasteiger partial charge in [-0.3, -0.25) is 0 Å². The Hall–Kier alpha value is -1.93. The summed E-state index contributed by atoms with van der Waals surface area (Å²) in [7, 11) is 0. The molecule has 2 nitrogen and oxygen atoms in total. The molecule has 0 saturated carbocycles. The van der Waals surface area contributed by atoms with Gasteiger partial charge in [0.25, 0.3) is 0 Å². The monoisotopic (exact) mass is 299 g/mol. The molecule has 0 unspecified atom stereocenters. The number of hydrogen-bond donors (Lipinski definition) is 0. The Bertz CT molecular complexity index is 706. The molecule has 0 N–H and O–H groups in total. The summed E-state index contributed by atoms with van der Waals surface area (Å²) in [5, 5.41) is 1.20. The normalized spacial score (nSPS) is 10.9. The second kappa shape index (κ2) is 6.68. The third-order valence-electron chi connectivity index (χ3n) is 3.52. The SMILES string of the molecule is ClCCCn1ccc2cc(OCc3ccccc3)ccc21. The van der Waals surface area contributed by atoms with Crippen LogP contribution in [0.25, 0.3) is 10.9 Å². The van der Waals surface area contributed by atoms with Gasteiger partial charge in [-0.1, -0.05) is 30.3 Å². The van der Waals surface area contributed by atoms with Crippen molar-refractivity contribution in [2.24, 2.45) is 0 Å². The number of hydrogen-bond acceptors (Lipinski definition) is 1. The molecule has 0 atom stereocenters. The molecular weight excluding hydrogens is 282 g/mol. The zero-order chi connectivity index (χ0) is 14.5. The highest BCUT2D eigenvalue weighted by molar-refractivity contribution is 6.17. The molecule has 1 aromatic heterocycles. The van der Waals surface area contributed by atoms with Crippen LogP contribution < -0.4 is 4.74 Å². The number of benzene rings is 2. The van der Waals surface area contributed by atoms with Gasteiger partial charge in [0.05, 0.1) is 0 Å². The van der Waals surface area contributed by atoms with E-state index in [1.807, 2.05) is 24.3 Å². The Kier molecular flexibility index (Phi) is 4.46. The fourth-order valence-electron chi connectivity index (χ4n) is 2.43. The summed E-state index contributed by atoms with van der Waals surface area (Å²) in [6, 6.07) is 18.6. The van der Waals surface area contributed by atoms with Crippen LogP contribution in [0.1, 0.15) is 12.0 Å². The van der Waals surface area contributed by atoms with Crippen molar-refractivity contribution >= 4 is 22.5 Å². The van der Waals surface area contributed by atoms with Crippen molar-refractivity contribution in [3.63, 3.8) is 0 Å². The lowest BCUT2D eigenvalue weighted by molar-refractivity contribution is 0.306. The zero-order valence-corrected chi connectivity index (χ0v) is 12.6. The maximum absolute atomic E-state index is 5.86. The first kappa shape index (κ1) is 14.0. The number of fused-ring (bicyclic) bond motifs is 1. The molecule has 0 aliphatic carbocycles. The van der Waals surface area contributed by atoms with Crippen molar-refractivity contribution in [1.29, 1.82) is 0 Å². The number of halogens is 1. The van der Waals surface area contributed by atoms with Gasteiger partial charge < -0.3 is 9.30 Å². The first-order chi connectivity index (χ1) is 10.4. The summed E-state index contributed by atoms with van der Waals surface area (Å²) in [5.74, 6) is 1.60. The molecule has 2 aromatic carbocycles. The highest BCUT2D eigenvalue weighted by Crippen LogP contribution is 2.23. The van der Waals surface area contributed by atoms with E-state index >= 15 is 0 Å². The van der Waals surface area contributed by atoms with Crippen molar-refractivity contribution < 1.29 is 4.74 Å². The Morgan fingerprint density at radius 1 is 1.00 bits per heavy atom. The van der Waals surface area contributed by atoms with E-state index in [1.54, 1.807) is 0 Å². The molecule has 0 bridgehead atoms. The van der Waals surface area contributed by atoms with Crippen LogP contribution in [-0.4, -0.2) is 10.4 Å². The number of alkyl halides is 1. The van der Waals surface area contributed by atoms with Crippen LogP contribution in [0, 0.1) is 0 Å². The van der Waals surface area contributed by atoms with Crippen LogP contribution in [0.5, 0.6) is 5.75 Å². The molecule has 0 saturated heterocycles. The van der Waals surface area contributed by atoms with E-state index in [-0.39, 0.29) is 0 Å². The van der Waals surface area contributed by atoms with E-state index in [4.69, 9.17) is 16.3 Å². The quantitative estimate of drug-likeness (QED) is 0.594. The topological polar surface area (TPSA) is 14.2 Å².